The molecule has 2 aromatic rings. The number of benzene rings is 1. The van der Waals surface area contributed by atoms with Gasteiger partial charge in [0.2, 0.25) is 0 Å². The topological polar surface area (TPSA) is 9.23 Å². The summed E-state index contributed by atoms with van der Waals surface area (Å²) in [5.74, 6) is 0.995. The van der Waals surface area contributed by atoms with Gasteiger partial charge in [-0.2, -0.15) is 0 Å². The summed E-state index contributed by atoms with van der Waals surface area (Å²) in [6.45, 7) is 2.79. The predicted octanol–water partition coefficient (Wildman–Crippen LogP) is 4.65. The SMILES string of the molecule is CCc1ccccc1OCc1cc(Br)cs1. The molecule has 1 aromatic heterocycles. The summed E-state index contributed by atoms with van der Waals surface area (Å²) in [5.41, 5.74) is 1.26. The van der Waals surface area contributed by atoms with Crippen LogP contribution < -0.4 is 4.74 Å². The maximum atomic E-state index is 5.82. The minimum absolute atomic E-state index is 0.646. The zero-order valence-electron chi connectivity index (χ0n) is 9.07. The highest BCUT2D eigenvalue weighted by Crippen LogP contribution is 2.23. The van der Waals surface area contributed by atoms with Crippen LogP contribution in [0.15, 0.2) is 40.2 Å². The van der Waals surface area contributed by atoms with E-state index in [1.807, 2.05) is 18.2 Å². The summed E-state index contributed by atoms with van der Waals surface area (Å²) in [6, 6.07) is 10.3. The van der Waals surface area contributed by atoms with Crippen molar-refractivity contribution in [2.45, 2.75) is 20.0 Å². The summed E-state index contributed by atoms with van der Waals surface area (Å²) < 4.78 is 6.94. The third kappa shape index (κ3) is 2.86. The molecule has 0 atom stereocenters. The molecule has 0 amide bonds. The molecule has 1 heterocycles. The third-order valence-electron chi connectivity index (χ3n) is 2.35. The third-order valence-corrected chi connectivity index (χ3v) is 4.02. The van der Waals surface area contributed by atoms with E-state index in [-0.39, 0.29) is 0 Å². The van der Waals surface area contributed by atoms with E-state index in [4.69, 9.17) is 4.74 Å². The van der Waals surface area contributed by atoms with Crippen LogP contribution in [-0.4, -0.2) is 0 Å². The Hall–Kier alpha value is -0.800. The molecule has 84 valence electrons. The molecular weight excluding hydrogens is 284 g/mol. The number of hydrogen-bond donors (Lipinski definition) is 0. The Bertz CT molecular complexity index is 464. The number of hydrogen-bond acceptors (Lipinski definition) is 2. The molecule has 0 bridgehead atoms. The largest absolute Gasteiger partial charge is 0.488 e. The van der Waals surface area contributed by atoms with Gasteiger partial charge in [0.25, 0.3) is 0 Å². The number of para-hydroxylation sites is 1. The molecule has 16 heavy (non-hydrogen) atoms. The zero-order chi connectivity index (χ0) is 11.4. The van der Waals surface area contributed by atoms with Crippen molar-refractivity contribution in [1.29, 1.82) is 0 Å². The van der Waals surface area contributed by atoms with Gasteiger partial charge < -0.3 is 4.74 Å². The van der Waals surface area contributed by atoms with Gasteiger partial charge in [-0.3, -0.25) is 0 Å². The molecule has 1 nitrogen and oxygen atoms in total. The van der Waals surface area contributed by atoms with Crippen LogP contribution in [0.5, 0.6) is 5.75 Å². The van der Waals surface area contributed by atoms with E-state index in [1.54, 1.807) is 11.3 Å². The van der Waals surface area contributed by atoms with Gasteiger partial charge >= 0.3 is 0 Å². The Balaban J connectivity index is 2.04. The smallest absolute Gasteiger partial charge is 0.123 e. The highest BCUT2D eigenvalue weighted by molar-refractivity contribution is 9.10. The Morgan fingerprint density at radius 2 is 2.12 bits per heavy atom. The van der Waals surface area contributed by atoms with Gasteiger partial charge in [0.1, 0.15) is 12.4 Å². The highest BCUT2D eigenvalue weighted by atomic mass is 79.9. The lowest BCUT2D eigenvalue weighted by atomic mass is 10.1. The fourth-order valence-electron chi connectivity index (χ4n) is 1.52. The summed E-state index contributed by atoms with van der Waals surface area (Å²) in [6.07, 6.45) is 1.00. The van der Waals surface area contributed by atoms with E-state index in [9.17, 15) is 0 Å². The molecule has 2 rings (SSSR count). The quantitative estimate of drug-likeness (QED) is 0.798. The van der Waals surface area contributed by atoms with E-state index in [0.717, 1.165) is 16.6 Å². The second-order valence-electron chi connectivity index (χ2n) is 3.48. The molecule has 0 aliphatic heterocycles. The molecule has 0 saturated carbocycles. The first-order valence-corrected chi connectivity index (χ1v) is 6.90. The van der Waals surface area contributed by atoms with E-state index < -0.39 is 0 Å². The first-order valence-electron chi connectivity index (χ1n) is 5.23. The van der Waals surface area contributed by atoms with Gasteiger partial charge in [-0.05, 0) is 40.0 Å². The first-order chi connectivity index (χ1) is 7.79. The number of rotatable bonds is 4. The van der Waals surface area contributed by atoms with Crippen LogP contribution in [0.2, 0.25) is 0 Å². The Morgan fingerprint density at radius 1 is 1.31 bits per heavy atom. The van der Waals surface area contributed by atoms with Crippen LogP contribution in [0.1, 0.15) is 17.4 Å². The second-order valence-corrected chi connectivity index (χ2v) is 5.39. The molecular formula is C13H13BrOS. The molecule has 0 spiro atoms. The summed E-state index contributed by atoms with van der Waals surface area (Å²) in [7, 11) is 0. The van der Waals surface area contributed by atoms with Crippen LogP contribution in [0.25, 0.3) is 0 Å². The van der Waals surface area contributed by atoms with E-state index in [0.29, 0.717) is 6.61 Å². The van der Waals surface area contributed by atoms with Crippen molar-refractivity contribution in [2.24, 2.45) is 0 Å². The average Bonchev–Trinajstić information content (AvgIpc) is 2.73. The normalized spacial score (nSPS) is 10.4. The minimum Gasteiger partial charge on any atom is -0.488 e. The second kappa shape index (κ2) is 5.51. The number of aryl methyl sites for hydroxylation is 1. The van der Waals surface area contributed by atoms with Crippen LogP contribution in [-0.2, 0) is 13.0 Å². The van der Waals surface area contributed by atoms with Crippen molar-refractivity contribution in [2.75, 3.05) is 0 Å². The van der Waals surface area contributed by atoms with E-state index in [2.05, 4.69) is 40.4 Å². The molecule has 0 radical (unpaired) electrons. The van der Waals surface area contributed by atoms with Crippen molar-refractivity contribution in [3.63, 3.8) is 0 Å². The van der Waals surface area contributed by atoms with E-state index >= 15 is 0 Å². The molecule has 0 unspecified atom stereocenters. The van der Waals surface area contributed by atoms with Crippen molar-refractivity contribution in [3.8, 4) is 5.75 Å². The standard InChI is InChI=1S/C13H13BrOS/c1-2-10-5-3-4-6-13(10)15-8-12-7-11(14)9-16-12/h3-7,9H,2,8H2,1H3. The van der Waals surface area contributed by atoms with Gasteiger partial charge in [0.15, 0.2) is 0 Å². The number of halogens is 1. The fraction of sp³-hybridized carbons (Fsp3) is 0.231. The Kier molecular flexibility index (Phi) is 4.02. The van der Waals surface area contributed by atoms with Gasteiger partial charge in [-0.15, -0.1) is 11.3 Å². The summed E-state index contributed by atoms with van der Waals surface area (Å²) in [5, 5.41) is 2.07. The van der Waals surface area contributed by atoms with Gasteiger partial charge in [0, 0.05) is 14.7 Å². The molecule has 0 N–H and O–H groups in total. The van der Waals surface area contributed by atoms with Crippen molar-refractivity contribution in [3.05, 3.63) is 50.6 Å². The number of thiophene rings is 1. The van der Waals surface area contributed by atoms with Crippen LogP contribution >= 0.6 is 27.3 Å². The molecule has 0 saturated heterocycles. The molecule has 1 aromatic carbocycles. The lowest BCUT2D eigenvalue weighted by molar-refractivity contribution is 0.306. The van der Waals surface area contributed by atoms with Crippen LogP contribution in [0, 0.1) is 0 Å². The number of ether oxygens (including phenoxy) is 1. The maximum Gasteiger partial charge on any atom is 0.123 e. The molecule has 0 aliphatic rings. The van der Waals surface area contributed by atoms with E-state index in [1.165, 1.54) is 10.4 Å². The monoisotopic (exact) mass is 296 g/mol. The zero-order valence-corrected chi connectivity index (χ0v) is 11.5. The Labute approximate surface area is 108 Å². The summed E-state index contributed by atoms with van der Waals surface area (Å²) >= 11 is 5.15. The average molecular weight is 297 g/mol. The van der Waals surface area contributed by atoms with Gasteiger partial charge in [0.05, 0.1) is 0 Å². The van der Waals surface area contributed by atoms with Crippen molar-refractivity contribution in [1.82, 2.24) is 0 Å². The lowest BCUT2D eigenvalue weighted by Crippen LogP contribution is -1.96. The van der Waals surface area contributed by atoms with Crippen molar-refractivity contribution < 1.29 is 4.74 Å². The van der Waals surface area contributed by atoms with Gasteiger partial charge in [-0.1, -0.05) is 25.1 Å². The lowest BCUT2D eigenvalue weighted by Gasteiger charge is -2.08. The van der Waals surface area contributed by atoms with Crippen molar-refractivity contribution >= 4 is 27.3 Å². The first kappa shape index (κ1) is 11.7. The maximum absolute atomic E-state index is 5.82. The van der Waals surface area contributed by atoms with Gasteiger partial charge in [-0.25, -0.2) is 0 Å². The molecule has 3 heteroatoms. The minimum atomic E-state index is 0.646. The molecule has 0 aliphatic carbocycles. The highest BCUT2D eigenvalue weighted by Gasteiger charge is 2.02. The van der Waals surface area contributed by atoms with Crippen LogP contribution in [0.4, 0.5) is 0 Å². The fourth-order valence-corrected chi connectivity index (χ4v) is 2.88. The molecule has 0 fully saturated rings. The Morgan fingerprint density at radius 3 is 2.81 bits per heavy atom. The summed E-state index contributed by atoms with van der Waals surface area (Å²) in [4.78, 5) is 1.23. The van der Waals surface area contributed by atoms with Crippen LogP contribution in [0.3, 0.4) is 0 Å². The predicted molar refractivity (Wildman–Crippen MR) is 72.2 cm³/mol.